The average molecular weight is 338 g/mol. The van der Waals surface area contributed by atoms with Crippen molar-refractivity contribution in [2.24, 2.45) is 0 Å². The van der Waals surface area contributed by atoms with Crippen molar-refractivity contribution in [3.63, 3.8) is 0 Å². The lowest BCUT2D eigenvalue weighted by Gasteiger charge is -2.06. The van der Waals surface area contributed by atoms with E-state index in [0.29, 0.717) is 11.3 Å². The zero-order valence-corrected chi connectivity index (χ0v) is 12.9. The van der Waals surface area contributed by atoms with Gasteiger partial charge in [0.2, 0.25) is 0 Å². The van der Waals surface area contributed by atoms with E-state index in [1.54, 1.807) is 11.6 Å². The molecule has 0 saturated carbocycles. The summed E-state index contributed by atoms with van der Waals surface area (Å²) in [5.74, 6) is -0.211. The van der Waals surface area contributed by atoms with Crippen molar-refractivity contribution < 1.29 is 9.90 Å². The summed E-state index contributed by atoms with van der Waals surface area (Å²) in [5, 5.41) is 15.8. The van der Waals surface area contributed by atoms with Crippen LogP contribution in [0.3, 0.4) is 0 Å². The maximum Gasteiger partial charge on any atom is 0.255 e. The molecule has 1 heterocycles. The SMILES string of the molecule is Cc1nn(-c2ccc(Br)cc2)c(C)c1C(=O)NCCO. The fraction of sp³-hybridized carbons (Fsp3) is 0.286. The average Bonchev–Trinajstić information content (AvgIpc) is 2.72. The number of aromatic nitrogens is 2. The van der Waals surface area contributed by atoms with Crippen LogP contribution in [0, 0.1) is 13.8 Å². The third-order valence-corrected chi connectivity index (χ3v) is 3.52. The van der Waals surface area contributed by atoms with E-state index in [9.17, 15) is 4.79 Å². The molecule has 1 aromatic heterocycles. The molecule has 5 nitrogen and oxygen atoms in total. The number of aryl methyl sites for hydroxylation is 1. The van der Waals surface area contributed by atoms with Gasteiger partial charge < -0.3 is 10.4 Å². The van der Waals surface area contributed by atoms with Crippen LogP contribution in [0.5, 0.6) is 0 Å². The quantitative estimate of drug-likeness (QED) is 0.896. The van der Waals surface area contributed by atoms with E-state index in [-0.39, 0.29) is 19.1 Å². The van der Waals surface area contributed by atoms with Crippen LogP contribution in [0.2, 0.25) is 0 Å². The first-order valence-electron chi connectivity index (χ1n) is 6.26. The Morgan fingerprint density at radius 1 is 1.35 bits per heavy atom. The van der Waals surface area contributed by atoms with Gasteiger partial charge in [-0.2, -0.15) is 5.10 Å². The fourth-order valence-corrected chi connectivity index (χ4v) is 2.33. The highest BCUT2D eigenvalue weighted by atomic mass is 79.9. The molecule has 0 fully saturated rings. The van der Waals surface area contributed by atoms with Crippen molar-refractivity contribution in [2.45, 2.75) is 13.8 Å². The normalized spacial score (nSPS) is 10.6. The first kappa shape index (κ1) is 14.7. The molecule has 1 amide bonds. The lowest BCUT2D eigenvalue weighted by molar-refractivity contribution is 0.0943. The molecular weight excluding hydrogens is 322 g/mol. The number of rotatable bonds is 4. The van der Waals surface area contributed by atoms with Crippen molar-refractivity contribution in [1.29, 1.82) is 0 Å². The molecule has 0 bridgehead atoms. The topological polar surface area (TPSA) is 67.2 Å². The fourth-order valence-electron chi connectivity index (χ4n) is 2.06. The molecule has 0 unspecified atom stereocenters. The second kappa shape index (κ2) is 6.19. The van der Waals surface area contributed by atoms with Gasteiger partial charge in [-0.05, 0) is 38.1 Å². The number of amides is 1. The molecule has 2 N–H and O–H groups in total. The van der Waals surface area contributed by atoms with Gasteiger partial charge in [-0.25, -0.2) is 4.68 Å². The molecule has 6 heteroatoms. The number of hydrogen-bond donors (Lipinski definition) is 2. The summed E-state index contributed by atoms with van der Waals surface area (Å²) in [7, 11) is 0. The Hall–Kier alpha value is -1.66. The number of nitrogens with one attached hydrogen (secondary N) is 1. The van der Waals surface area contributed by atoms with Crippen LogP contribution < -0.4 is 5.32 Å². The Morgan fingerprint density at radius 3 is 2.60 bits per heavy atom. The van der Waals surface area contributed by atoms with Crippen LogP contribution >= 0.6 is 15.9 Å². The summed E-state index contributed by atoms with van der Waals surface area (Å²) in [6.07, 6.45) is 0. The molecule has 0 spiro atoms. The Bertz CT molecular complexity index is 620. The number of nitrogens with zero attached hydrogens (tertiary/aromatic N) is 2. The summed E-state index contributed by atoms with van der Waals surface area (Å²) in [5.41, 5.74) is 2.90. The zero-order valence-electron chi connectivity index (χ0n) is 11.4. The Morgan fingerprint density at radius 2 is 2.00 bits per heavy atom. The number of aliphatic hydroxyl groups excluding tert-OH is 1. The molecular formula is C14H16BrN3O2. The lowest BCUT2D eigenvalue weighted by Crippen LogP contribution is -2.27. The van der Waals surface area contributed by atoms with Crippen LogP contribution in [0.15, 0.2) is 28.7 Å². The molecule has 0 radical (unpaired) electrons. The molecule has 20 heavy (non-hydrogen) atoms. The maximum absolute atomic E-state index is 12.1. The Labute approximate surface area is 125 Å². The van der Waals surface area contributed by atoms with Crippen LogP contribution in [0.4, 0.5) is 0 Å². The highest BCUT2D eigenvalue weighted by molar-refractivity contribution is 9.10. The van der Waals surface area contributed by atoms with Gasteiger partial charge in [0.1, 0.15) is 0 Å². The van der Waals surface area contributed by atoms with E-state index >= 15 is 0 Å². The largest absolute Gasteiger partial charge is 0.395 e. The smallest absolute Gasteiger partial charge is 0.255 e. The van der Waals surface area contributed by atoms with Gasteiger partial charge in [0.05, 0.1) is 29.2 Å². The van der Waals surface area contributed by atoms with Gasteiger partial charge >= 0.3 is 0 Å². The van der Waals surface area contributed by atoms with Gasteiger partial charge in [-0.3, -0.25) is 4.79 Å². The van der Waals surface area contributed by atoms with Gasteiger partial charge in [0, 0.05) is 11.0 Å². The van der Waals surface area contributed by atoms with Crippen LogP contribution in [0.1, 0.15) is 21.7 Å². The van der Waals surface area contributed by atoms with Crippen molar-refractivity contribution in [1.82, 2.24) is 15.1 Å². The van der Waals surface area contributed by atoms with E-state index in [2.05, 4.69) is 26.3 Å². The number of benzene rings is 1. The van der Waals surface area contributed by atoms with Crippen molar-refractivity contribution in [2.75, 3.05) is 13.2 Å². The molecule has 2 rings (SSSR count). The van der Waals surface area contributed by atoms with Gasteiger partial charge in [-0.1, -0.05) is 15.9 Å². The number of carbonyl (C=O) groups is 1. The first-order valence-corrected chi connectivity index (χ1v) is 7.05. The summed E-state index contributed by atoms with van der Waals surface area (Å²) in [6.45, 7) is 3.82. The molecule has 1 aromatic carbocycles. The second-order valence-electron chi connectivity index (χ2n) is 4.41. The highest BCUT2D eigenvalue weighted by Gasteiger charge is 2.18. The third kappa shape index (κ3) is 2.91. The van der Waals surface area contributed by atoms with E-state index in [4.69, 9.17) is 5.11 Å². The Balaban J connectivity index is 2.38. The summed E-state index contributed by atoms with van der Waals surface area (Å²) in [6, 6.07) is 7.71. The van der Waals surface area contributed by atoms with Crippen LogP contribution in [-0.4, -0.2) is 33.9 Å². The molecule has 106 valence electrons. The maximum atomic E-state index is 12.1. The van der Waals surface area contributed by atoms with E-state index in [1.165, 1.54) is 0 Å². The monoisotopic (exact) mass is 337 g/mol. The van der Waals surface area contributed by atoms with E-state index in [1.807, 2.05) is 31.2 Å². The predicted molar refractivity (Wildman–Crippen MR) is 80.2 cm³/mol. The number of hydrogen-bond acceptors (Lipinski definition) is 3. The van der Waals surface area contributed by atoms with Crippen molar-refractivity contribution >= 4 is 21.8 Å². The molecule has 0 aliphatic heterocycles. The molecule has 2 aromatic rings. The highest BCUT2D eigenvalue weighted by Crippen LogP contribution is 2.19. The summed E-state index contributed by atoms with van der Waals surface area (Å²) < 4.78 is 2.74. The first-order chi connectivity index (χ1) is 9.54. The van der Waals surface area contributed by atoms with E-state index in [0.717, 1.165) is 15.9 Å². The summed E-state index contributed by atoms with van der Waals surface area (Å²) >= 11 is 3.39. The summed E-state index contributed by atoms with van der Waals surface area (Å²) in [4.78, 5) is 12.1. The number of halogens is 1. The van der Waals surface area contributed by atoms with Crippen LogP contribution in [-0.2, 0) is 0 Å². The number of aliphatic hydroxyl groups is 1. The number of carbonyl (C=O) groups excluding carboxylic acids is 1. The van der Waals surface area contributed by atoms with E-state index < -0.39 is 0 Å². The van der Waals surface area contributed by atoms with Crippen LogP contribution in [0.25, 0.3) is 5.69 Å². The van der Waals surface area contributed by atoms with Gasteiger partial charge in [0.15, 0.2) is 0 Å². The molecule has 0 aliphatic carbocycles. The zero-order chi connectivity index (χ0) is 14.7. The minimum Gasteiger partial charge on any atom is -0.395 e. The van der Waals surface area contributed by atoms with Gasteiger partial charge in [0.25, 0.3) is 5.91 Å². The minimum absolute atomic E-state index is 0.0787. The van der Waals surface area contributed by atoms with Crippen molar-refractivity contribution in [3.8, 4) is 5.69 Å². The van der Waals surface area contributed by atoms with Crippen molar-refractivity contribution in [3.05, 3.63) is 45.7 Å². The minimum atomic E-state index is -0.211. The van der Waals surface area contributed by atoms with Gasteiger partial charge in [-0.15, -0.1) is 0 Å². The standard InChI is InChI=1S/C14H16BrN3O2/c1-9-13(14(20)16-7-8-19)10(2)18(17-9)12-5-3-11(15)4-6-12/h3-6,19H,7-8H2,1-2H3,(H,16,20). The lowest BCUT2D eigenvalue weighted by atomic mass is 10.2. The predicted octanol–water partition coefficient (Wildman–Crippen LogP) is 1.97. The molecule has 0 aliphatic rings. The third-order valence-electron chi connectivity index (χ3n) is 2.99. The second-order valence-corrected chi connectivity index (χ2v) is 5.33. The molecule has 0 atom stereocenters. The molecule has 0 saturated heterocycles. The Kier molecular flexibility index (Phi) is 4.57.